The number of hydrogen-bond donors (Lipinski definition) is 0. The lowest BCUT2D eigenvalue weighted by Crippen LogP contribution is -2.51. The first-order chi connectivity index (χ1) is 8.01. The van der Waals surface area contributed by atoms with Gasteiger partial charge in [0.05, 0.1) is 5.92 Å². The molecule has 4 heteroatoms. The molecule has 2 unspecified atom stereocenters. The second kappa shape index (κ2) is 6.60. The summed E-state index contributed by atoms with van der Waals surface area (Å²) in [6, 6.07) is 0.492. The Morgan fingerprint density at radius 1 is 1.41 bits per heavy atom. The molecule has 0 saturated carbocycles. The summed E-state index contributed by atoms with van der Waals surface area (Å²) < 4.78 is 0. The van der Waals surface area contributed by atoms with Gasteiger partial charge in [0.15, 0.2) is 0 Å². The molecule has 17 heavy (non-hydrogen) atoms. The Balaban J connectivity index is 2.69. The Hall–Kier alpha value is -0.280. The first-order valence-electron chi connectivity index (χ1n) is 6.68. The number of alkyl halides is 1. The van der Waals surface area contributed by atoms with Crippen molar-refractivity contribution >= 4 is 17.5 Å². The van der Waals surface area contributed by atoms with Gasteiger partial charge in [-0.05, 0) is 40.7 Å². The van der Waals surface area contributed by atoms with Gasteiger partial charge in [-0.3, -0.25) is 4.79 Å². The summed E-state index contributed by atoms with van der Waals surface area (Å²) in [5.41, 5.74) is 0. The van der Waals surface area contributed by atoms with Gasteiger partial charge < -0.3 is 9.80 Å². The second-order valence-electron chi connectivity index (χ2n) is 5.01. The molecule has 1 aliphatic rings. The van der Waals surface area contributed by atoms with E-state index in [4.69, 9.17) is 11.6 Å². The molecule has 0 N–H and O–H groups in total. The SMILES string of the molecule is CCN(CC)C(=O)C1CN(C(C)C)CCC1Cl. The molecule has 0 aromatic heterocycles. The van der Waals surface area contributed by atoms with Crippen molar-refractivity contribution in [3.05, 3.63) is 0 Å². The number of carbonyl (C=O) groups excluding carboxylic acids is 1. The number of halogens is 1. The Kier molecular flexibility index (Phi) is 5.74. The number of carbonyl (C=O) groups is 1. The third-order valence-electron chi connectivity index (χ3n) is 3.68. The van der Waals surface area contributed by atoms with E-state index < -0.39 is 0 Å². The maximum atomic E-state index is 12.4. The summed E-state index contributed by atoms with van der Waals surface area (Å²) in [5, 5.41) is -0.00176. The average molecular weight is 261 g/mol. The molecule has 0 aromatic carbocycles. The highest BCUT2D eigenvalue weighted by Crippen LogP contribution is 2.25. The van der Waals surface area contributed by atoms with E-state index in [1.165, 1.54) is 0 Å². The minimum Gasteiger partial charge on any atom is -0.343 e. The van der Waals surface area contributed by atoms with E-state index in [9.17, 15) is 4.79 Å². The molecule has 1 amide bonds. The summed E-state index contributed by atoms with van der Waals surface area (Å²) in [6.45, 7) is 11.8. The predicted molar refractivity (Wildman–Crippen MR) is 72.4 cm³/mol. The van der Waals surface area contributed by atoms with E-state index in [0.717, 1.165) is 32.6 Å². The molecule has 1 heterocycles. The van der Waals surface area contributed by atoms with Crippen LogP contribution in [-0.4, -0.2) is 53.3 Å². The Morgan fingerprint density at radius 3 is 2.47 bits per heavy atom. The van der Waals surface area contributed by atoms with Crippen LogP contribution in [-0.2, 0) is 4.79 Å². The molecule has 1 saturated heterocycles. The fourth-order valence-electron chi connectivity index (χ4n) is 2.42. The summed E-state index contributed by atoms with van der Waals surface area (Å²) in [4.78, 5) is 16.6. The van der Waals surface area contributed by atoms with Crippen LogP contribution in [0.4, 0.5) is 0 Å². The van der Waals surface area contributed by atoms with Crippen LogP contribution in [0.3, 0.4) is 0 Å². The van der Waals surface area contributed by atoms with E-state index in [1.54, 1.807) is 0 Å². The maximum absolute atomic E-state index is 12.4. The van der Waals surface area contributed by atoms with Crippen LogP contribution < -0.4 is 0 Å². The Bertz CT molecular complexity index is 254. The standard InChI is InChI=1S/C13H25ClN2O/c1-5-15(6-2)13(17)11-9-16(10(3)4)8-7-12(11)14/h10-12H,5-9H2,1-4H3. The number of hydrogen-bond acceptors (Lipinski definition) is 2. The van der Waals surface area contributed by atoms with E-state index >= 15 is 0 Å². The van der Waals surface area contributed by atoms with Crippen LogP contribution in [0.5, 0.6) is 0 Å². The quantitative estimate of drug-likeness (QED) is 0.724. The van der Waals surface area contributed by atoms with Crippen molar-refractivity contribution in [1.29, 1.82) is 0 Å². The molecule has 0 aliphatic carbocycles. The van der Waals surface area contributed by atoms with Crippen LogP contribution in [0.25, 0.3) is 0 Å². The summed E-state index contributed by atoms with van der Waals surface area (Å²) in [5.74, 6) is 0.188. The molecule has 0 aromatic rings. The lowest BCUT2D eigenvalue weighted by atomic mass is 9.95. The zero-order valence-electron chi connectivity index (χ0n) is 11.4. The molecular weight excluding hydrogens is 236 g/mol. The van der Waals surface area contributed by atoms with Crippen LogP contribution >= 0.6 is 11.6 Å². The van der Waals surface area contributed by atoms with Gasteiger partial charge in [-0.15, -0.1) is 11.6 Å². The smallest absolute Gasteiger partial charge is 0.228 e. The highest BCUT2D eigenvalue weighted by atomic mass is 35.5. The predicted octanol–water partition coefficient (Wildman–Crippen LogP) is 2.19. The van der Waals surface area contributed by atoms with Crippen molar-refractivity contribution in [1.82, 2.24) is 9.80 Å². The first-order valence-corrected chi connectivity index (χ1v) is 7.11. The Labute approximate surface area is 110 Å². The summed E-state index contributed by atoms with van der Waals surface area (Å²) >= 11 is 6.33. The van der Waals surface area contributed by atoms with Gasteiger partial charge in [0.25, 0.3) is 0 Å². The lowest BCUT2D eigenvalue weighted by Gasteiger charge is -2.39. The summed E-state index contributed by atoms with van der Waals surface area (Å²) in [6.07, 6.45) is 0.914. The molecule has 1 rings (SSSR count). The van der Waals surface area contributed by atoms with Gasteiger partial charge in [0, 0.05) is 31.1 Å². The largest absolute Gasteiger partial charge is 0.343 e. The van der Waals surface area contributed by atoms with E-state index in [0.29, 0.717) is 6.04 Å². The minimum absolute atomic E-state index is 0.00176. The lowest BCUT2D eigenvalue weighted by molar-refractivity contribution is -0.137. The first kappa shape index (κ1) is 14.8. The van der Waals surface area contributed by atoms with Gasteiger partial charge in [-0.2, -0.15) is 0 Å². The van der Waals surface area contributed by atoms with Gasteiger partial charge in [-0.1, -0.05) is 0 Å². The molecule has 100 valence electrons. The molecule has 2 atom stereocenters. The molecule has 0 spiro atoms. The average Bonchev–Trinajstić information content (AvgIpc) is 2.30. The number of likely N-dealkylation sites (tertiary alicyclic amines) is 1. The van der Waals surface area contributed by atoms with Gasteiger partial charge in [0.1, 0.15) is 0 Å². The van der Waals surface area contributed by atoms with E-state index in [1.807, 2.05) is 18.7 Å². The maximum Gasteiger partial charge on any atom is 0.228 e. The third kappa shape index (κ3) is 3.59. The molecular formula is C13H25ClN2O. The van der Waals surface area contributed by atoms with Crippen molar-refractivity contribution in [2.24, 2.45) is 5.92 Å². The molecule has 1 fully saturated rings. The highest BCUT2D eigenvalue weighted by molar-refractivity contribution is 6.22. The van der Waals surface area contributed by atoms with E-state index in [2.05, 4.69) is 18.7 Å². The normalized spacial score (nSPS) is 26.2. The third-order valence-corrected chi connectivity index (χ3v) is 4.20. The molecule has 1 aliphatic heterocycles. The molecule has 0 bridgehead atoms. The minimum atomic E-state index is -0.0345. The number of amides is 1. The second-order valence-corrected chi connectivity index (χ2v) is 5.57. The zero-order valence-corrected chi connectivity index (χ0v) is 12.2. The number of rotatable bonds is 4. The van der Waals surface area contributed by atoms with Crippen LogP contribution in [0.2, 0.25) is 0 Å². The van der Waals surface area contributed by atoms with Crippen molar-refractivity contribution in [3.8, 4) is 0 Å². The fourth-order valence-corrected chi connectivity index (χ4v) is 2.71. The number of nitrogens with zero attached hydrogens (tertiary/aromatic N) is 2. The fraction of sp³-hybridized carbons (Fsp3) is 0.923. The van der Waals surface area contributed by atoms with Crippen molar-refractivity contribution in [2.45, 2.75) is 45.5 Å². The summed E-state index contributed by atoms with van der Waals surface area (Å²) in [7, 11) is 0. The van der Waals surface area contributed by atoms with Gasteiger partial charge in [0.2, 0.25) is 5.91 Å². The number of piperidine rings is 1. The van der Waals surface area contributed by atoms with Gasteiger partial charge in [-0.25, -0.2) is 0 Å². The molecule has 0 radical (unpaired) electrons. The monoisotopic (exact) mass is 260 g/mol. The van der Waals surface area contributed by atoms with Crippen LogP contribution in [0.1, 0.15) is 34.1 Å². The van der Waals surface area contributed by atoms with Crippen molar-refractivity contribution in [2.75, 3.05) is 26.2 Å². The van der Waals surface area contributed by atoms with Crippen molar-refractivity contribution < 1.29 is 4.79 Å². The Morgan fingerprint density at radius 2 is 2.00 bits per heavy atom. The van der Waals surface area contributed by atoms with Gasteiger partial charge >= 0.3 is 0 Å². The van der Waals surface area contributed by atoms with Crippen molar-refractivity contribution in [3.63, 3.8) is 0 Å². The topological polar surface area (TPSA) is 23.6 Å². The van der Waals surface area contributed by atoms with Crippen LogP contribution in [0.15, 0.2) is 0 Å². The zero-order chi connectivity index (χ0) is 13.0. The highest BCUT2D eigenvalue weighted by Gasteiger charge is 2.35. The molecule has 3 nitrogen and oxygen atoms in total. The van der Waals surface area contributed by atoms with E-state index in [-0.39, 0.29) is 17.2 Å². The van der Waals surface area contributed by atoms with Crippen LogP contribution in [0, 0.1) is 5.92 Å².